The Morgan fingerprint density at radius 1 is 1.30 bits per heavy atom. The van der Waals surface area contributed by atoms with Crippen molar-refractivity contribution in [2.75, 3.05) is 18.9 Å². The summed E-state index contributed by atoms with van der Waals surface area (Å²) in [5, 5.41) is 13.1. The summed E-state index contributed by atoms with van der Waals surface area (Å²) in [4.78, 5) is 15.3. The van der Waals surface area contributed by atoms with Crippen LogP contribution >= 0.6 is 11.8 Å². The maximum absolute atomic E-state index is 12.4. The second-order valence-electron chi connectivity index (χ2n) is 6.82. The van der Waals surface area contributed by atoms with Crippen LogP contribution in [0.4, 0.5) is 10.5 Å². The van der Waals surface area contributed by atoms with E-state index in [9.17, 15) is 9.90 Å². The van der Waals surface area contributed by atoms with Gasteiger partial charge >= 0.3 is 6.03 Å². The third-order valence-electron chi connectivity index (χ3n) is 4.81. The molecule has 126 valence electrons. The highest BCUT2D eigenvalue weighted by atomic mass is 32.2. The number of thioether (sulfide) groups is 1. The van der Waals surface area contributed by atoms with Gasteiger partial charge in [0.25, 0.3) is 0 Å². The molecule has 0 radical (unpaired) electrons. The Morgan fingerprint density at radius 3 is 2.70 bits per heavy atom. The molecular weight excluding hydrogens is 308 g/mol. The molecule has 0 bridgehead atoms. The third-order valence-corrected chi connectivity index (χ3v) is 6.23. The van der Waals surface area contributed by atoms with E-state index in [2.05, 4.69) is 11.4 Å². The van der Waals surface area contributed by atoms with Crippen molar-refractivity contribution in [1.29, 1.82) is 0 Å². The van der Waals surface area contributed by atoms with E-state index in [4.69, 9.17) is 0 Å². The number of aliphatic hydroxyl groups excluding tert-OH is 1. The Hall–Kier alpha value is -1.20. The van der Waals surface area contributed by atoms with Crippen LogP contribution in [0, 0.1) is 5.92 Å². The number of rotatable bonds is 5. The third kappa shape index (κ3) is 4.42. The number of nitrogens with zero attached hydrogens (tertiary/aromatic N) is 1. The second-order valence-corrected chi connectivity index (χ2v) is 8.16. The van der Waals surface area contributed by atoms with Gasteiger partial charge in [0.2, 0.25) is 0 Å². The van der Waals surface area contributed by atoms with Gasteiger partial charge in [0.1, 0.15) is 0 Å². The first-order valence-corrected chi connectivity index (χ1v) is 9.45. The number of para-hydroxylation sites is 1. The predicted octanol–water partition coefficient (Wildman–Crippen LogP) is 3.96. The lowest BCUT2D eigenvalue weighted by Gasteiger charge is -2.34. The summed E-state index contributed by atoms with van der Waals surface area (Å²) in [6, 6.07) is 8.02. The zero-order valence-corrected chi connectivity index (χ0v) is 14.5. The minimum atomic E-state index is -0.167. The van der Waals surface area contributed by atoms with E-state index in [1.807, 2.05) is 37.0 Å². The average molecular weight is 334 g/mol. The Bertz CT molecular complexity index is 540. The molecule has 5 heteroatoms. The smallest absolute Gasteiger partial charge is 0.321 e. The van der Waals surface area contributed by atoms with Gasteiger partial charge < -0.3 is 15.3 Å². The zero-order valence-electron chi connectivity index (χ0n) is 13.7. The van der Waals surface area contributed by atoms with Gasteiger partial charge in [-0.15, -0.1) is 11.8 Å². The first-order valence-electron chi connectivity index (χ1n) is 8.57. The van der Waals surface area contributed by atoms with E-state index in [0.29, 0.717) is 17.7 Å². The number of carbonyl (C=O) groups is 1. The SMILES string of the molecule is CN(CC1CC(O)C1)C(=O)Nc1ccccc1SC1CCCC1. The van der Waals surface area contributed by atoms with Crippen molar-refractivity contribution in [2.45, 2.75) is 54.8 Å². The quantitative estimate of drug-likeness (QED) is 0.857. The highest BCUT2D eigenvalue weighted by Crippen LogP contribution is 2.38. The summed E-state index contributed by atoms with van der Waals surface area (Å²) in [5.74, 6) is 0.434. The topological polar surface area (TPSA) is 52.6 Å². The number of anilines is 1. The monoisotopic (exact) mass is 334 g/mol. The van der Waals surface area contributed by atoms with Crippen LogP contribution in [0.3, 0.4) is 0 Å². The molecule has 0 aromatic heterocycles. The van der Waals surface area contributed by atoms with Crippen LogP contribution in [0.1, 0.15) is 38.5 Å². The molecular formula is C18H26N2O2S. The molecule has 2 N–H and O–H groups in total. The molecule has 0 saturated heterocycles. The summed E-state index contributed by atoms with van der Waals surface area (Å²) in [7, 11) is 1.83. The van der Waals surface area contributed by atoms with Gasteiger partial charge in [0, 0.05) is 23.7 Å². The van der Waals surface area contributed by atoms with E-state index in [0.717, 1.165) is 18.5 Å². The van der Waals surface area contributed by atoms with Crippen molar-refractivity contribution in [3.05, 3.63) is 24.3 Å². The Labute approximate surface area is 142 Å². The Kier molecular flexibility index (Phi) is 5.49. The van der Waals surface area contributed by atoms with Crippen molar-refractivity contribution in [2.24, 2.45) is 5.92 Å². The number of nitrogens with one attached hydrogen (secondary N) is 1. The maximum atomic E-state index is 12.4. The normalized spacial score (nSPS) is 24.3. The summed E-state index contributed by atoms with van der Waals surface area (Å²) in [5.41, 5.74) is 0.912. The van der Waals surface area contributed by atoms with E-state index in [1.54, 1.807) is 4.90 Å². The number of benzene rings is 1. The number of carbonyl (C=O) groups excluding carboxylic acids is 1. The fraction of sp³-hybridized carbons (Fsp3) is 0.611. The van der Waals surface area contributed by atoms with E-state index in [-0.39, 0.29) is 12.1 Å². The molecule has 1 aromatic rings. The molecule has 2 aliphatic carbocycles. The van der Waals surface area contributed by atoms with E-state index >= 15 is 0 Å². The van der Waals surface area contributed by atoms with Crippen molar-refractivity contribution >= 4 is 23.5 Å². The molecule has 0 heterocycles. The van der Waals surface area contributed by atoms with E-state index in [1.165, 1.54) is 30.6 Å². The van der Waals surface area contributed by atoms with Crippen LogP contribution in [-0.2, 0) is 0 Å². The van der Waals surface area contributed by atoms with Gasteiger partial charge in [-0.05, 0) is 43.7 Å². The summed E-state index contributed by atoms with van der Waals surface area (Å²) < 4.78 is 0. The van der Waals surface area contributed by atoms with Crippen molar-refractivity contribution in [3.63, 3.8) is 0 Å². The van der Waals surface area contributed by atoms with Crippen LogP contribution in [0.15, 0.2) is 29.2 Å². The van der Waals surface area contributed by atoms with Crippen LogP contribution in [0.25, 0.3) is 0 Å². The average Bonchev–Trinajstić information content (AvgIpc) is 3.00. The van der Waals surface area contributed by atoms with Crippen molar-refractivity contribution in [1.82, 2.24) is 4.90 Å². The van der Waals surface area contributed by atoms with Crippen molar-refractivity contribution in [3.8, 4) is 0 Å². The number of urea groups is 1. The van der Waals surface area contributed by atoms with Gasteiger partial charge in [-0.3, -0.25) is 0 Å². The highest BCUT2D eigenvalue weighted by molar-refractivity contribution is 8.00. The van der Waals surface area contributed by atoms with Crippen molar-refractivity contribution < 1.29 is 9.90 Å². The van der Waals surface area contributed by atoms with Gasteiger partial charge in [-0.25, -0.2) is 4.79 Å². The molecule has 23 heavy (non-hydrogen) atoms. The number of hydrogen-bond donors (Lipinski definition) is 2. The highest BCUT2D eigenvalue weighted by Gasteiger charge is 2.29. The Morgan fingerprint density at radius 2 is 2.00 bits per heavy atom. The molecule has 4 nitrogen and oxygen atoms in total. The predicted molar refractivity (Wildman–Crippen MR) is 94.9 cm³/mol. The largest absolute Gasteiger partial charge is 0.393 e. The minimum absolute atomic E-state index is 0.0640. The molecule has 2 fully saturated rings. The van der Waals surface area contributed by atoms with Gasteiger partial charge in [0.15, 0.2) is 0 Å². The molecule has 3 rings (SSSR count). The summed E-state index contributed by atoms with van der Waals surface area (Å²) >= 11 is 1.90. The molecule has 2 amide bonds. The fourth-order valence-electron chi connectivity index (χ4n) is 3.39. The number of hydrogen-bond acceptors (Lipinski definition) is 3. The zero-order chi connectivity index (χ0) is 16.2. The van der Waals surface area contributed by atoms with Crippen LogP contribution < -0.4 is 5.32 Å². The van der Waals surface area contributed by atoms with Crippen LogP contribution in [0.2, 0.25) is 0 Å². The second kappa shape index (κ2) is 7.58. The van der Waals surface area contributed by atoms with Crippen LogP contribution in [0.5, 0.6) is 0 Å². The molecule has 0 spiro atoms. The molecule has 0 aliphatic heterocycles. The van der Waals surface area contributed by atoms with Gasteiger partial charge in [-0.2, -0.15) is 0 Å². The van der Waals surface area contributed by atoms with Crippen LogP contribution in [-0.4, -0.2) is 41.0 Å². The molecule has 2 aliphatic rings. The van der Waals surface area contributed by atoms with E-state index < -0.39 is 0 Å². The minimum Gasteiger partial charge on any atom is -0.393 e. The lowest BCUT2D eigenvalue weighted by molar-refractivity contribution is 0.0332. The molecule has 2 saturated carbocycles. The summed E-state index contributed by atoms with van der Waals surface area (Å²) in [6.07, 6.45) is 6.65. The lowest BCUT2D eigenvalue weighted by atomic mass is 9.82. The first-order chi connectivity index (χ1) is 11.1. The Balaban J connectivity index is 1.56. The van der Waals surface area contributed by atoms with Gasteiger partial charge in [-0.1, -0.05) is 25.0 Å². The number of amides is 2. The fourth-order valence-corrected chi connectivity index (χ4v) is 4.72. The maximum Gasteiger partial charge on any atom is 0.321 e. The standard InChI is InChI=1S/C18H26N2O2S/c1-20(12-13-10-14(21)11-13)18(22)19-16-8-4-5-9-17(16)23-15-6-2-3-7-15/h4-5,8-9,13-15,21H,2-3,6-7,10-12H2,1H3,(H,19,22). The molecule has 1 aromatic carbocycles. The lowest BCUT2D eigenvalue weighted by Crippen LogP contribution is -2.41. The van der Waals surface area contributed by atoms with Gasteiger partial charge in [0.05, 0.1) is 11.8 Å². The molecule has 0 unspecified atom stereocenters. The summed E-state index contributed by atoms with van der Waals surface area (Å²) in [6.45, 7) is 0.709. The molecule has 0 atom stereocenters. The first kappa shape index (κ1) is 16.7. The number of aliphatic hydroxyl groups is 1.